The van der Waals surface area contributed by atoms with Crippen LogP contribution in [0.3, 0.4) is 0 Å². The molecule has 10 heteroatoms. The third kappa shape index (κ3) is 8.00. The summed E-state index contributed by atoms with van der Waals surface area (Å²) in [6, 6.07) is 5.00. The lowest BCUT2D eigenvalue weighted by molar-refractivity contribution is -0.139. The lowest BCUT2D eigenvalue weighted by Gasteiger charge is -2.27. The monoisotopic (exact) mass is 565 g/mol. The molecule has 2 heterocycles. The van der Waals surface area contributed by atoms with Gasteiger partial charge in [0, 0.05) is 49.5 Å². The van der Waals surface area contributed by atoms with Crippen LogP contribution >= 0.6 is 0 Å². The Morgan fingerprint density at radius 2 is 1.93 bits per heavy atom. The highest BCUT2D eigenvalue weighted by Crippen LogP contribution is 2.46. The fourth-order valence-corrected chi connectivity index (χ4v) is 4.71. The number of rotatable bonds is 14. The molecular weight excluding hydrogens is 522 g/mol. The van der Waals surface area contributed by atoms with Crippen LogP contribution in [-0.2, 0) is 28.2 Å². The number of amides is 2. The Bertz CT molecular complexity index is 1310. The number of nitrogens with one attached hydrogen (secondary N) is 1. The Kier molecular flexibility index (Phi) is 11.2. The molecule has 0 bridgehead atoms. The number of aromatic nitrogens is 3. The van der Waals surface area contributed by atoms with Crippen molar-refractivity contribution >= 4 is 23.2 Å². The van der Waals surface area contributed by atoms with Crippen LogP contribution in [0.1, 0.15) is 65.1 Å². The average molecular weight is 566 g/mol. The number of anilines is 2. The zero-order chi connectivity index (χ0) is 30.2. The van der Waals surface area contributed by atoms with E-state index in [0.29, 0.717) is 48.6 Å². The van der Waals surface area contributed by atoms with E-state index in [9.17, 15) is 19.8 Å². The Morgan fingerprint density at radius 3 is 2.61 bits per heavy atom. The third-order valence-electron chi connectivity index (χ3n) is 7.19. The van der Waals surface area contributed by atoms with Crippen molar-refractivity contribution in [1.29, 1.82) is 0 Å². The molecule has 0 saturated heterocycles. The van der Waals surface area contributed by atoms with Crippen molar-refractivity contribution in [1.82, 2.24) is 15.0 Å². The first-order chi connectivity index (χ1) is 19.5. The summed E-state index contributed by atoms with van der Waals surface area (Å²) in [4.78, 5) is 27.5. The van der Waals surface area contributed by atoms with E-state index in [4.69, 9.17) is 5.11 Å². The molecule has 0 saturated carbocycles. The van der Waals surface area contributed by atoms with Crippen molar-refractivity contribution in [2.75, 3.05) is 23.4 Å². The van der Waals surface area contributed by atoms with Crippen LogP contribution in [0.2, 0.25) is 0 Å². The molecule has 2 amide bonds. The SMILES string of the molecule is CC(C)=CCC/C(C)=C/CN1C(=O)[C@@](O)([C@@H](C)/C=C/CCn2cc(CCO)nn2)c2cc(NC(=O)[C@H](C)O)ccc21. The second-order valence-corrected chi connectivity index (χ2v) is 10.9. The number of nitrogens with zero attached hydrogens (tertiary/aromatic N) is 4. The molecular formula is C31H43N5O5. The molecule has 0 spiro atoms. The quantitative estimate of drug-likeness (QED) is 0.256. The average Bonchev–Trinajstić information content (AvgIpc) is 3.45. The van der Waals surface area contributed by atoms with Crippen LogP contribution in [0.15, 0.2) is 59.8 Å². The molecule has 2 aromatic rings. The molecule has 0 aliphatic carbocycles. The van der Waals surface area contributed by atoms with E-state index < -0.39 is 29.4 Å². The first-order valence-electron chi connectivity index (χ1n) is 14.1. The molecule has 41 heavy (non-hydrogen) atoms. The summed E-state index contributed by atoms with van der Waals surface area (Å²) in [7, 11) is 0. The minimum absolute atomic E-state index is 0.0108. The number of hydrogen-bond donors (Lipinski definition) is 4. The first kappa shape index (κ1) is 31.9. The minimum Gasteiger partial charge on any atom is -0.396 e. The van der Waals surface area contributed by atoms with E-state index in [0.717, 1.165) is 18.4 Å². The molecule has 1 aromatic heterocycles. The molecule has 1 aliphatic heterocycles. The van der Waals surface area contributed by atoms with E-state index in [2.05, 4.69) is 35.6 Å². The fraction of sp³-hybridized carbons (Fsp3) is 0.484. The second kappa shape index (κ2) is 14.3. The van der Waals surface area contributed by atoms with Crippen molar-refractivity contribution in [3.8, 4) is 0 Å². The maximum Gasteiger partial charge on any atom is 0.264 e. The number of carbonyl (C=O) groups is 2. The summed E-state index contributed by atoms with van der Waals surface area (Å²) in [5.74, 6) is -1.58. The minimum atomic E-state index is -1.84. The van der Waals surface area contributed by atoms with Gasteiger partial charge in [0.05, 0.1) is 11.4 Å². The molecule has 0 radical (unpaired) electrons. The van der Waals surface area contributed by atoms with Crippen molar-refractivity contribution in [2.24, 2.45) is 5.92 Å². The summed E-state index contributed by atoms with van der Waals surface area (Å²) >= 11 is 0. The zero-order valence-corrected chi connectivity index (χ0v) is 24.7. The summed E-state index contributed by atoms with van der Waals surface area (Å²) in [5.41, 5.74) is 2.66. The van der Waals surface area contributed by atoms with Crippen molar-refractivity contribution in [2.45, 2.75) is 78.6 Å². The largest absolute Gasteiger partial charge is 0.396 e. The number of allylic oxidation sites excluding steroid dienone is 4. The van der Waals surface area contributed by atoms with Gasteiger partial charge in [0.2, 0.25) is 0 Å². The molecule has 4 N–H and O–H groups in total. The van der Waals surface area contributed by atoms with Crippen LogP contribution in [0.5, 0.6) is 0 Å². The van der Waals surface area contributed by atoms with Crippen molar-refractivity contribution in [3.05, 3.63) is 71.1 Å². The summed E-state index contributed by atoms with van der Waals surface area (Å²) in [6.45, 7) is 10.2. The molecule has 1 aliphatic rings. The standard InChI is InChI=1S/C31H43N5O5/c1-21(2)9-8-10-22(3)14-17-36-28-13-12-25(32-29(39)24(5)38)19-27(28)31(41,30(36)40)23(4)11-6-7-16-35-20-26(15-18-37)33-34-35/h6,9,11-14,19-20,23-24,37-38,41H,7-8,10,15-18H2,1-5H3,(H,32,39)/b11-6+,22-14+/t23-,24-,31+/m0/s1. The van der Waals surface area contributed by atoms with E-state index in [1.54, 1.807) is 40.9 Å². The van der Waals surface area contributed by atoms with Crippen molar-refractivity contribution < 1.29 is 24.9 Å². The van der Waals surface area contributed by atoms with Gasteiger partial charge in [-0.1, -0.05) is 47.6 Å². The van der Waals surface area contributed by atoms with Gasteiger partial charge in [-0.3, -0.25) is 14.3 Å². The Balaban J connectivity index is 1.83. The third-order valence-corrected chi connectivity index (χ3v) is 7.19. The predicted octanol–water partition coefficient (Wildman–Crippen LogP) is 3.64. The van der Waals surface area contributed by atoms with Gasteiger partial charge in [-0.2, -0.15) is 0 Å². The van der Waals surface area contributed by atoms with Gasteiger partial charge in [0.15, 0.2) is 5.60 Å². The highest BCUT2D eigenvalue weighted by Gasteiger charge is 2.52. The van der Waals surface area contributed by atoms with Gasteiger partial charge in [-0.15, -0.1) is 5.10 Å². The molecule has 3 rings (SSSR count). The van der Waals surface area contributed by atoms with Crippen molar-refractivity contribution in [3.63, 3.8) is 0 Å². The number of aliphatic hydroxyl groups excluding tert-OH is 2. The number of aliphatic hydroxyl groups is 3. The lowest BCUT2D eigenvalue weighted by Crippen LogP contribution is -2.44. The van der Waals surface area contributed by atoms with Gasteiger partial charge >= 0.3 is 0 Å². The number of carbonyl (C=O) groups excluding carboxylic acids is 2. The van der Waals surface area contributed by atoms with Gasteiger partial charge in [-0.05, 0) is 65.2 Å². The summed E-state index contributed by atoms with van der Waals surface area (Å²) in [5, 5.41) is 41.4. The van der Waals surface area contributed by atoms with Gasteiger partial charge in [0.1, 0.15) is 6.10 Å². The molecule has 0 unspecified atom stereocenters. The molecule has 10 nitrogen and oxygen atoms in total. The van der Waals surface area contributed by atoms with E-state index >= 15 is 0 Å². The fourth-order valence-electron chi connectivity index (χ4n) is 4.71. The Morgan fingerprint density at radius 1 is 1.17 bits per heavy atom. The number of aryl methyl sites for hydroxylation is 1. The van der Waals surface area contributed by atoms with E-state index in [1.165, 1.54) is 12.5 Å². The Labute approximate surface area is 242 Å². The second-order valence-electron chi connectivity index (χ2n) is 10.9. The first-order valence-corrected chi connectivity index (χ1v) is 14.1. The van der Waals surface area contributed by atoms with Gasteiger partial charge < -0.3 is 25.5 Å². The Hall–Kier alpha value is -3.60. The normalized spacial score (nSPS) is 18.5. The van der Waals surface area contributed by atoms with Crippen LogP contribution in [-0.4, -0.2) is 61.4 Å². The van der Waals surface area contributed by atoms with Gasteiger partial charge in [0.25, 0.3) is 11.8 Å². The maximum atomic E-state index is 13.8. The smallest absolute Gasteiger partial charge is 0.264 e. The predicted molar refractivity (Wildman–Crippen MR) is 159 cm³/mol. The topological polar surface area (TPSA) is 141 Å². The molecule has 222 valence electrons. The molecule has 3 atom stereocenters. The molecule has 0 fully saturated rings. The highest BCUT2D eigenvalue weighted by atomic mass is 16.3. The number of fused-ring (bicyclic) bond motifs is 1. The van der Waals surface area contributed by atoms with Crippen LogP contribution in [0.4, 0.5) is 11.4 Å². The maximum absolute atomic E-state index is 13.8. The number of hydrogen-bond acceptors (Lipinski definition) is 7. The van der Waals surface area contributed by atoms with Crippen LogP contribution in [0, 0.1) is 5.92 Å². The van der Waals surface area contributed by atoms with Crippen LogP contribution < -0.4 is 10.2 Å². The van der Waals surface area contributed by atoms with Crippen LogP contribution in [0.25, 0.3) is 0 Å². The summed E-state index contributed by atoms with van der Waals surface area (Å²) < 4.78 is 1.69. The molecule has 1 aromatic carbocycles. The highest BCUT2D eigenvalue weighted by molar-refractivity contribution is 6.08. The number of benzene rings is 1. The van der Waals surface area contributed by atoms with E-state index in [-0.39, 0.29) is 6.61 Å². The lowest BCUT2D eigenvalue weighted by atomic mass is 9.82. The zero-order valence-electron chi connectivity index (χ0n) is 24.7. The van der Waals surface area contributed by atoms with E-state index in [1.807, 2.05) is 25.2 Å². The van der Waals surface area contributed by atoms with Gasteiger partial charge in [-0.25, -0.2) is 0 Å². The summed E-state index contributed by atoms with van der Waals surface area (Å²) in [6.07, 6.45) is 11.3.